The number of halogens is 1. The number of hydrogen-bond acceptors (Lipinski definition) is 1. The molecule has 2 aliphatic rings. The lowest BCUT2D eigenvalue weighted by atomic mass is 9.64. The monoisotopic (exact) mass is 294 g/mol. The molecular weight excluding hydrogens is 276 g/mol. The van der Waals surface area contributed by atoms with Gasteiger partial charge < -0.3 is 4.74 Å². The fourth-order valence-corrected chi connectivity index (χ4v) is 4.46. The highest BCUT2D eigenvalue weighted by Crippen LogP contribution is 2.57. The summed E-state index contributed by atoms with van der Waals surface area (Å²) >= 11 is 3.83. The molecule has 92 valence electrons. The topological polar surface area (TPSA) is 9.23 Å². The van der Waals surface area contributed by atoms with Crippen molar-refractivity contribution in [2.24, 2.45) is 5.41 Å². The first-order valence-corrected chi connectivity index (χ1v) is 7.52. The molecule has 0 N–H and O–H groups in total. The summed E-state index contributed by atoms with van der Waals surface area (Å²) in [4.78, 5) is 0.693. The van der Waals surface area contributed by atoms with E-state index in [1.165, 1.54) is 37.7 Å². The Labute approximate surface area is 112 Å². The Bertz CT molecular complexity index is 370. The summed E-state index contributed by atoms with van der Waals surface area (Å²) in [7, 11) is 0. The maximum atomic E-state index is 6.14. The van der Waals surface area contributed by atoms with Crippen molar-refractivity contribution in [2.45, 2.75) is 49.6 Å². The van der Waals surface area contributed by atoms with Gasteiger partial charge in [-0.25, -0.2) is 0 Å². The molecule has 1 spiro atoms. The fourth-order valence-electron chi connectivity index (χ4n) is 3.37. The molecule has 1 aromatic rings. The normalized spacial score (nSPS) is 30.4. The van der Waals surface area contributed by atoms with E-state index in [4.69, 9.17) is 4.74 Å². The highest BCUT2D eigenvalue weighted by Gasteiger charge is 2.55. The molecule has 2 unspecified atom stereocenters. The van der Waals surface area contributed by atoms with Gasteiger partial charge in [-0.1, -0.05) is 59.1 Å². The number of alkyl halides is 1. The molecule has 17 heavy (non-hydrogen) atoms. The van der Waals surface area contributed by atoms with Gasteiger partial charge in [0, 0.05) is 10.2 Å². The molecule has 2 heteroatoms. The first-order chi connectivity index (χ1) is 8.31. The minimum Gasteiger partial charge on any atom is -0.373 e. The van der Waals surface area contributed by atoms with E-state index in [0.717, 1.165) is 6.61 Å². The van der Waals surface area contributed by atoms with Crippen molar-refractivity contribution < 1.29 is 4.74 Å². The summed E-state index contributed by atoms with van der Waals surface area (Å²) in [5.74, 6) is 0. The number of benzene rings is 1. The van der Waals surface area contributed by atoms with Crippen molar-refractivity contribution in [3.05, 3.63) is 35.9 Å². The Morgan fingerprint density at radius 2 is 1.88 bits per heavy atom. The van der Waals surface area contributed by atoms with Gasteiger partial charge in [0.1, 0.15) is 0 Å². The molecule has 2 aliphatic carbocycles. The molecule has 2 atom stereocenters. The molecule has 2 saturated carbocycles. The summed E-state index contributed by atoms with van der Waals surface area (Å²) in [6, 6.07) is 10.5. The van der Waals surface area contributed by atoms with Crippen LogP contribution in [0.5, 0.6) is 0 Å². The molecule has 0 bridgehead atoms. The molecule has 0 saturated heterocycles. The summed E-state index contributed by atoms with van der Waals surface area (Å²) < 4.78 is 6.14. The van der Waals surface area contributed by atoms with E-state index in [1.807, 2.05) is 0 Å². The average molecular weight is 295 g/mol. The summed E-state index contributed by atoms with van der Waals surface area (Å²) in [6.07, 6.45) is 7.13. The molecule has 0 amide bonds. The molecule has 0 radical (unpaired) electrons. The minimum absolute atomic E-state index is 0.467. The van der Waals surface area contributed by atoms with Crippen LogP contribution in [0.2, 0.25) is 0 Å². The average Bonchev–Trinajstić information content (AvgIpc) is 2.88. The number of ether oxygens (including phenoxy) is 1. The third-order valence-corrected chi connectivity index (χ3v) is 5.80. The van der Waals surface area contributed by atoms with Gasteiger partial charge in [-0.3, -0.25) is 0 Å². The van der Waals surface area contributed by atoms with Crippen LogP contribution in [0.3, 0.4) is 0 Å². The second kappa shape index (κ2) is 4.74. The second-order valence-corrected chi connectivity index (χ2v) is 6.53. The predicted molar refractivity (Wildman–Crippen MR) is 73.3 cm³/mol. The van der Waals surface area contributed by atoms with E-state index in [2.05, 4.69) is 46.3 Å². The zero-order chi connectivity index (χ0) is 11.7. The van der Waals surface area contributed by atoms with Crippen LogP contribution in [0.4, 0.5) is 0 Å². The molecule has 1 aromatic carbocycles. The van der Waals surface area contributed by atoms with Crippen molar-refractivity contribution >= 4 is 15.9 Å². The van der Waals surface area contributed by atoms with Gasteiger partial charge >= 0.3 is 0 Å². The Balaban J connectivity index is 1.60. The van der Waals surface area contributed by atoms with Gasteiger partial charge in [-0.05, 0) is 24.8 Å². The standard InChI is InChI=1S/C15H19BrO/c16-13-10-14(15(13)8-4-5-9-15)17-11-12-6-2-1-3-7-12/h1-3,6-7,13-14H,4-5,8-11H2. The molecule has 3 rings (SSSR count). The lowest BCUT2D eigenvalue weighted by Gasteiger charge is -2.51. The smallest absolute Gasteiger partial charge is 0.0720 e. The third kappa shape index (κ3) is 2.06. The Kier molecular flexibility index (Phi) is 3.27. The zero-order valence-corrected chi connectivity index (χ0v) is 11.7. The van der Waals surface area contributed by atoms with E-state index in [0.29, 0.717) is 16.3 Å². The molecule has 0 aliphatic heterocycles. The largest absolute Gasteiger partial charge is 0.373 e. The molecule has 1 nitrogen and oxygen atoms in total. The first-order valence-electron chi connectivity index (χ1n) is 6.61. The van der Waals surface area contributed by atoms with Crippen LogP contribution in [-0.2, 0) is 11.3 Å². The van der Waals surface area contributed by atoms with Crippen molar-refractivity contribution in [1.82, 2.24) is 0 Å². The van der Waals surface area contributed by atoms with Gasteiger partial charge in [-0.15, -0.1) is 0 Å². The molecule has 2 fully saturated rings. The minimum atomic E-state index is 0.467. The van der Waals surface area contributed by atoms with Crippen LogP contribution in [-0.4, -0.2) is 10.9 Å². The summed E-state index contributed by atoms with van der Waals surface area (Å²) in [6.45, 7) is 0.771. The molecule has 0 heterocycles. The van der Waals surface area contributed by atoms with Gasteiger partial charge in [0.2, 0.25) is 0 Å². The van der Waals surface area contributed by atoms with Crippen molar-refractivity contribution in [3.8, 4) is 0 Å². The highest BCUT2D eigenvalue weighted by atomic mass is 79.9. The van der Waals surface area contributed by atoms with Crippen LogP contribution in [0.25, 0.3) is 0 Å². The maximum absolute atomic E-state index is 6.14. The zero-order valence-electron chi connectivity index (χ0n) is 10.1. The van der Waals surface area contributed by atoms with Gasteiger partial charge in [0.05, 0.1) is 12.7 Å². The molecular formula is C15H19BrO. The summed E-state index contributed by atoms with van der Waals surface area (Å²) in [5.41, 5.74) is 1.76. The van der Waals surface area contributed by atoms with Crippen LogP contribution in [0.15, 0.2) is 30.3 Å². The van der Waals surface area contributed by atoms with Crippen LogP contribution in [0.1, 0.15) is 37.7 Å². The second-order valence-electron chi connectivity index (χ2n) is 5.43. The van der Waals surface area contributed by atoms with Crippen LogP contribution < -0.4 is 0 Å². The van der Waals surface area contributed by atoms with Gasteiger partial charge in [-0.2, -0.15) is 0 Å². The van der Waals surface area contributed by atoms with Crippen LogP contribution >= 0.6 is 15.9 Å². The SMILES string of the molecule is BrC1CC(OCc2ccccc2)C12CCCC2. The van der Waals surface area contributed by atoms with Crippen molar-refractivity contribution in [1.29, 1.82) is 0 Å². The Hall–Kier alpha value is -0.340. The van der Waals surface area contributed by atoms with Gasteiger partial charge in [0.25, 0.3) is 0 Å². The number of hydrogen-bond donors (Lipinski definition) is 0. The van der Waals surface area contributed by atoms with Gasteiger partial charge in [0.15, 0.2) is 0 Å². The van der Waals surface area contributed by atoms with Crippen molar-refractivity contribution in [2.75, 3.05) is 0 Å². The summed E-state index contributed by atoms with van der Waals surface area (Å²) in [5, 5.41) is 0. The van der Waals surface area contributed by atoms with E-state index < -0.39 is 0 Å². The van der Waals surface area contributed by atoms with E-state index in [9.17, 15) is 0 Å². The van der Waals surface area contributed by atoms with E-state index in [1.54, 1.807) is 0 Å². The first kappa shape index (κ1) is 11.7. The highest BCUT2D eigenvalue weighted by molar-refractivity contribution is 9.09. The lowest BCUT2D eigenvalue weighted by molar-refractivity contribution is -0.108. The predicted octanol–water partition coefficient (Wildman–Crippen LogP) is 4.30. The van der Waals surface area contributed by atoms with E-state index >= 15 is 0 Å². The van der Waals surface area contributed by atoms with Crippen LogP contribution in [0, 0.1) is 5.41 Å². The maximum Gasteiger partial charge on any atom is 0.0720 e. The fraction of sp³-hybridized carbons (Fsp3) is 0.600. The lowest BCUT2D eigenvalue weighted by Crippen LogP contribution is -2.53. The third-order valence-electron chi connectivity index (χ3n) is 4.51. The Morgan fingerprint density at radius 1 is 1.18 bits per heavy atom. The van der Waals surface area contributed by atoms with Crippen molar-refractivity contribution in [3.63, 3.8) is 0 Å². The number of rotatable bonds is 3. The Morgan fingerprint density at radius 3 is 2.53 bits per heavy atom. The quantitative estimate of drug-likeness (QED) is 0.755. The van der Waals surface area contributed by atoms with E-state index in [-0.39, 0.29) is 0 Å². The molecule has 0 aromatic heterocycles.